The van der Waals surface area contributed by atoms with Crippen molar-refractivity contribution in [3.05, 3.63) is 76.6 Å². The molecule has 0 saturated carbocycles. The van der Waals surface area contributed by atoms with Gasteiger partial charge in [0.2, 0.25) is 0 Å². The zero-order valence-corrected chi connectivity index (χ0v) is 19.9. The van der Waals surface area contributed by atoms with Crippen LogP contribution in [0.2, 0.25) is 0 Å². The summed E-state index contributed by atoms with van der Waals surface area (Å²) in [7, 11) is 3.25. The van der Waals surface area contributed by atoms with Gasteiger partial charge in [-0.15, -0.1) is 0 Å². The molecule has 0 unspecified atom stereocenters. The first-order valence-corrected chi connectivity index (χ1v) is 11.4. The third-order valence-electron chi connectivity index (χ3n) is 5.34. The summed E-state index contributed by atoms with van der Waals surface area (Å²) in [5.74, 6) is 1.53. The molecule has 0 aliphatic carbocycles. The van der Waals surface area contributed by atoms with E-state index in [9.17, 15) is 4.79 Å². The molecule has 0 atom stereocenters. The molecule has 33 heavy (non-hydrogen) atoms. The van der Waals surface area contributed by atoms with Crippen LogP contribution in [0.25, 0.3) is 11.9 Å². The van der Waals surface area contributed by atoms with Crippen LogP contribution in [0.5, 0.6) is 5.75 Å². The SMILES string of the molecule is COCCN1C(=O)/C(=C/c2cc(C)n(-c3ccccn3)c2C)SC1=Nc1ccc(OC)cc1. The molecule has 1 amide bonds. The lowest BCUT2D eigenvalue weighted by atomic mass is 10.2. The molecule has 1 aliphatic heterocycles. The van der Waals surface area contributed by atoms with Gasteiger partial charge < -0.3 is 14.0 Å². The Hall–Kier alpha value is -3.36. The summed E-state index contributed by atoms with van der Waals surface area (Å²) in [6.45, 7) is 4.93. The smallest absolute Gasteiger partial charge is 0.266 e. The van der Waals surface area contributed by atoms with E-state index >= 15 is 0 Å². The van der Waals surface area contributed by atoms with Gasteiger partial charge in [0.1, 0.15) is 11.6 Å². The van der Waals surface area contributed by atoms with Gasteiger partial charge in [-0.2, -0.15) is 0 Å². The van der Waals surface area contributed by atoms with E-state index in [1.807, 2.05) is 62.4 Å². The number of benzene rings is 1. The third-order valence-corrected chi connectivity index (χ3v) is 6.35. The number of methoxy groups -OCH3 is 2. The molecule has 1 saturated heterocycles. The fourth-order valence-electron chi connectivity index (χ4n) is 3.65. The highest BCUT2D eigenvalue weighted by Crippen LogP contribution is 2.35. The van der Waals surface area contributed by atoms with E-state index in [1.54, 1.807) is 25.3 Å². The maximum Gasteiger partial charge on any atom is 0.266 e. The number of pyridine rings is 1. The Balaban J connectivity index is 1.68. The van der Waals surface area contributed by atoms with Crippen molar-refractivity contribution in [2.24, 2.45) is 4.99 Å². The first-order chi connectivity index (χ1) is 16.0. The summed E-state index contributed by atoms with van der Waals surface area (Å²) in [6.07, 6.45) is 3.71. The maximum atomic E-state index is 13.3. The number of carbonyl (C=O) groups is 1. The molecular weight excluding hydrogens is 436 g/mol. The van der Waals surface area contributed by atoms with Crippen LogP contribution < -0.4 is 4.74 Å². The van der Waals surface area contributed by atoms with Crippen LogP contribution in [-0.2, 0) is 9.53 Å². The highest BCUT2D eigenvalue weighted by atomic mass is 32.2. The molecule has 3 aromatic rings. The number of rotatable bonds is 7. The Labute approximate surface area is 197 Å². The van der Waals surface area contributed by atoms with Crippen molar-refractivity contribution in [3.8, 4) is 11.6 Å². The fourth-order valence-corrected chi connectivity index (χ4v) is 4.67. The number of carbonyl (C=O) groups excluding carboxylic acids is 1. The number of thioether (sulfide) groups is 1. The molecule has 1 aromatic carbocycles. The molecule has 0 spiro atoms. The number of hydrogen-bond donors (Lipinski definition) is 0. The average molecular weight is 463 g/mol. The molecule has 8 heteroatoms. The van der Waals surface area contributed by atoms with Crippen LogP contribution >= 0.6 is 11.8 Å². The molecule has 170 valence electrons. The summed E-state index contributed by atoms with van der Waals surface area (Å²) in [5.41, 5.74) is 3.81. The van der Waals surface area contributed by atoms with Gasteiger partial charge in [0.15, 0.2) is 5.17 Å². The van der Waals surface area contributed by atoms with Crippen molar-refractivity contribution in [1.82, 2.24) is 14.5 Å². The number of aliphatic imine (C=N–C) groups is 1. The highest BCUT2D eigenvalue weighted by molar-refractivity contribution is 8.18. The zero-order chi connectivity index (χ0) is 23.4. The topological polar surface area (TPSA) is 69.0 Å². The van der Waals surface area contributed by atoms with E-state index in [-0.39, 0.29) is 5.91 Å². The van der Waals surface area contributed by atoms with Crippen molar-refractivity contribution in [3.63, 3.8) is 0 Å². The first kappa shape index (κ1) is 22.8. The average Bonchev–Trinajstić information content (AvgIpc) is 3.28. The second-order valence-electron chi connectivity index (χ2n) is 7.50. The summed E-state index contributed by atoms with van der Waals surface area (Å²) in [5, 5.41) is 0.631. The summed E-state index contributed by atoms with van der Waals surface area (Å²) in [6, 6.07) is 15.3. The summed E-state index contributed by atoms with van der Waals surface area (Å²) >= 11 is 1.37. The minimum atomic E-state index is -0.0769. The lowest BCUT2D eigenvalue weighted by Crippen LogP contribution is -2.32. The second-order valence-corrected chi connectivity index (χ2v) is 8.51. The number of hydrogen-bond acceptors (Lipinski definition) is 6. The molecule has 2 aromatic heterocycles. The second kappa shape index (κ2) is 10.1. The van der Waals surface area contributed by atoms with Crippen LogP contribution in [0.15, 0.2) is 64.6 Å². The molecule has 0 radical (unpaired) electrons. The van der Waals surface area contributed by atoms with Crippen LogP contribution in [0.4, 0.5) is 5.69 Å². The van der Waals surface area contributed by atoms with Crippen LogP contribution in [-0.4, -0.2) is 52.9 Å². The summed E-state index contributed by atoms with van der Waals surface area (Å²) < 4.78 is 12.5. The molecule has 7 nitrogen and oxygen atoms in total. The van der Waals surface area contributed by atoms with Crippen LogP contribution in [0.3, 0.4) is 0 Å². The van der Waals surface area contributed by atoms with E-state index in [0.717, 1.165) is 34.2 Å². The fraction of sp³-hybridized carbons (Fsp3) is 0.240. The normalized spacial score (nSPS) is 16.2. The lowest BCUT2D eigenvalue weighted by molar-refractivity contribution is -0.122. The van der Waals surface area contributed by atoms with Crippen LogP contribution in [0.1, 0.15) is 17.0 Å². The Bertz CT molecular complexity index is 1200. The summed E-state index contributed by atoms with van der Waals surface area (Å²) in [4.78, 5) is 24.7. The van der Waals surface area contributed by atoms with Crippen molar-refractivity contribution in [2.45, 2.75) is 13.8 Å². The number of aromatic nitrogens is 2. The Kier molecular flexibility index (Phi) is 6.96. The molecule has 0 bridgehead atoms. The van der Waals surface area contributed by atoms with Crippen molar-refractivity contribution < 1.29 is 14.3 Å². The van der Waals surface area contributed by atoms with Crippen molar-refractivity contribution in [1.29, 1.82) is 0 Å². The number of aryl methyl sites for hydroxylation is 1. The maximum absolute atomic E-state index is 13.3. The van der Waals surface area contributed by atoms with Gasteiger partial charge in [-0.05, 0) is 79.7 Å². The standard InChI is InChI=1S/C25H26N4O3S/c1-17-15-19(18(2)29(17)23-7-5-6-12-26-23)16-22-24(30)28(13-14-31-3)25(33-22)27-20-8-10-21(32-4)11-9-20/h5-12,15-16H,13-14H2,1-4H3/b22-16-,27-25?. The van der Waals surface area contributed by atoms with Gasteiger partial charge in [0.05, 0.1) is 30.9 Å². The molecule has 1 fully saturated rings. The van der Waals surface area contributed by atoms with Gasteiger partial charge in [0, 0.05) is 24.7 Å². The number of amides is 1. The minimum absolute atomic E-state index is 0.0769. The van der Waals surface area contributed by atoms with Crippen molar-refractivity contribution >= 4 is 34.6 Å². The monoisotopic (exact) mass is 462 g/mol. The van der Waals surface area contributed by atoms with Gasteiger partial charge in [-0.3, -0.25) is 9.69 Å². The largest absolute Gasteiger partial charge is 0.497 e. The number of nitrogens with zero attached hydrogens (tertiary/aromatic N) is 4. The van der Waals surface area contributed by atoms with Crippen molar-refractivity contribution in [2.75, 3.05) is 27.4 Å². The Morgan fingerprint density at radius 1 is 1.12 bits per heavy atom. The zero-order valence-electron chi connectivity index (χ0n) is 19.1. The Morgan fingerprint density at radius 2 is 1.91 bits per heavy atom. The van der Waals surface area contributed by atoms with Gasteiger partial charge in [0.25, 0.3) is 5.91 Å². The van der Waals surface area contributed by atoms with E-state index < -0.39 is 0 Å². The quantitative estimate of drug-likeness (QED) is 0.474. The van der Waals surface area contributed by atoms with Crippen LogP contribution in [0, 0.1) is 13.8 Å². The lowest BCUT2D eigenvalue weighted by Gasteiger charge is -2.14. The molecule has 0 N–H and O–H groups in total. The van der Waals surface area contributed by atoms with Gasteiger partial charge in [-0.25, -0.2) is 9.98 Å². The number of ether oxygens (including phenoxy) is 2. The van der Waals surface area contributed by atoms with E-state index in [2.05, 4.69) is 15.6 Å². The van der Waals surface area contributed by atoms with E-state index in [4.69, 9.17) is 14.5 Å². The predicted molar refractivity (Wildman–Crippen MR) is 132 cm³/mol. The molecule has 4 rings (SSSR count). The predicted octanol–water partition coefficient (Wildman–Crippen LogP) is 4.75. The molecule has 1 aliphatic rings. The molecule has 3 heterocycles. The van der Waals surface area contributed by atoms with Gasteiger partial charge >= 0.3 is 0 Å². The number of amidine groups is 1. The van der Waals surface area contributed by atoms with E-state index in [0.29, 0.717) is 23.2 Å². The molecular formula is C25H26N4O3S. The van der Waals surface area contributed by atoms with E-state index in [1.165, 1.54) is 11.8 Å². The van der Waals surface area contributed by atoms with Gasteiger partial charge in [-0.1, -0.05) is 6.07 Å². The third kappa shape index (κ3) is 4.86. The first-order valence-electron chi connectivity index (χ1n) is 10.5. The minimum Gasteiger partial charge on any atom is -0.497 e. The Morgan fingerprint density at radius 3 is 2.58 bits per heavy atom. The highest BCUT2D eigenvalue weighted by Gasteiger charge is 2.33.